The van der Waals surface area contributed by atoms with Gasteiger partial charge in [-0.3, -0.25) is 4.79 Å². The number of hydrogen-bond donors (Lipinski definition) is 3. The molecule has 0 aliphatic rings. The Hall–Kier alpha value is -1.30. The summed E-state index contributed by atoms with van der Waals surface area (Å²) in [5.41, 5.74) is 6.41. The van der Waals surface area contributed by atoms with E-state index in [4.69, 9.17) is 10.5 Å². The van der Waals surface area contributed by atoms with Crippen LogP contribution in [0, 0.1) is 0 Å². The molecule has 0 saturated carbocycles. The largest absolute Gasteiger partial charge is 0.497 e. The number of aliphatic hydroxyl groups excluding tert-OH is 1. The fourth-order valence-electron chi connectivity index (χ4n) is 1.71. The molecule has 1 amide bonds. The highest BCUT2D eigenvalue weighted by Crippen LogP contribution is 2.16. The zero-order chi connectivity index (χ0) is 14.3. The molecule has 0 radical (unpaired) electrons. The number of rotatable bonds is 7. The Morgan fingerprint density at radius 1 is 1.40 bits per heavy atom. The van der Waals surface area contributed by atoms with Crippen LogP contribution in [0.25, 0.3) is 0 Å². The number of halogens is 1. The smallest absolute Gasteiger partial charge is 0.237 e. The molecule has 1 aromatic carbocycles. The van der Waals surface area contributed by atoms with Gasteiger partial charge in [-0.05, 0) is 24.1 Å². The minimum Gasteiger partial charge on any atom is -0.497 e. The van der Waals surface area contributed by atoms with Crippen molar-refractivity contribution in [2.75, 3.05) is 13.7 Å². The van der Waals surface area contributed by atoms with Gasteiger partial charge < -0.3 is 20.9 Å². The predicted octanol–water partition coefficient (Wildman–Crippen LogP) is 1.39. The molecule has 4 N–H and O–H groups in total. The standard InChI is InChI=1S/C14H22N2O3.ClH/c1-3-4-12(15)14(18)16-9-13(17)10-5-7-11(19-2)8-6-10;/h5-8,12-13,17H,3-4,9,15H2,1-2H3,(H,16,18);1H. The van der Waals surface area contributed by atoms with E-state index in [9.17, 15) is 9.90 Å². The van der Waals surface area contributed by atoms with E-state index in [0.29, 0.717) is 6.42 Å². The van der Waals surface area contributed by atoms with Gasteiger partial charge in [0.25, 0.3) is 0 Å². The quantitative estimate of drug-likeness (QED) is 0.711. The lowest BCUT2D eigenvalue weighted by atomic mass is 10.1. The van der Waals surface area contributed by atoms with Gasteiger partial charge in [-0.25, -0.2) is 0 Å². The number of benzene rings is 1. The number of nitrogens with one attached hydrogen (secondary N) is 1. The first-order valence-electron chi connectivity index (χ1n) is 6.43. The second kappa shape index (κ2) is 9.58. The number of carbonyl (C=O) groups is 1. The SMILES string of the molecule is CCCC(N)C(=O)NCC(O)c1ccc(OC)cc1.Cl. The van der Waals surface area contributed by atoms with Crippen LogP contribution < -0.4 is 15.8 Å². The van der Waals surface area contributed by atoms with Gasteiger partial charge >= 0.3 is 0 Å². The highest BCUT2D eigenvalue weighted by molar-refractivity contribution is 5.85. The molecule has 0 aliphatic carbocycles. The molecule has 0 spiro atoms. The zero-order valence-corrected chi connectivity index (χ0v) is 12.7. The van der Waals surface area contributed by atoms with Crippen molar-refractivity contribution in [2.24, 2.45) is 5.73 Å². The summed E-state index contributed by atoms with van der Waals surface area (Å²) >= 11 is 0. The molecule has 2 atom stereocenters. The first kappa shape index (κ1) is 18.7. The number of methoxy groups -OCH3 is 1. The van der Waals surface area contributed by atoms with Gasteiger partial charge in [0.2, 0.25) is 5.91 Å². The van der Waals surface area contributed by atoms with Crippen molar-refractivity contribution >= 4 is 18.3 Å². The second-order valence-corrected chi connectivity index (χ2v) is 4.43. The first-order chi connectivity index (χ1) is 9.08. The normalized spacial score (nSPS) is 13.0. The van der Waals surface area contributed by atoms with E-state index in [2.05, 4.69) is 5.32 Å². The summed E-state index contributed by atoms with van der Waals surface area (Å²) in [5, 5.41) is 12.6. The van der Waals surface area contributed by atoms with Crippen LogP contribution in [0.4, 0.5) is 0 Å². The number of hydrogen-bond acceptors (Lipinski definition) is 4. The molecule has 20 heavy (non-hydrogen) atoms. The van der Waals surface area contributed by atoms with Crippen LogP contribution in [0.3, 0.4) is 0 Å². The van der Waals surface area contributed by atoms with E-state index >= 15 is 0 Å². The monoisotopic (exact) mass is 302 g/mol. The molecule has 0 fully saturated rings. The summed E-state index contributed by atoms with van der Waals surface area (Å²) in [6.45, 7) is 2.13. The topological polar surface area (TPSA) is 84.6 Å². The van der Waals surface area contributed by atoms with Crippen LogP contribution in [0.1, 0.15) is 31.4 Å². The maximum atomic E-state index is 11.6. The fraction of sp³-hybridized carbons (Fsp3) is 0.500. The van der Waals surface area contributed by atoms with Crippen molar-refractivity contribution in [1.29, 1.82) is 0 Å². The van der Waals surface area contributed by atoms with Crippen LogP contribution in [-0.2, 0) is 4.79 Å². The molecule has 0 heterocycles. The lowest BCUT2D eigenvalue weighted by molar-refractivity contribution is -0.123. The number of amides is 1. The summed E-state index contributed by atoms with van der Waals surface area (Å²) in [5.74, 6) is 0.499. The third-order valence-corrected chi connectivity index (χ3v) is 2.91. The van der Waals surface area contributed by atoms with Crippen LogP contribution in [0.2, 0.25) is 0 Å². The Kier molecular flexibility index (Phi) is 8.96. The Morgan fingerprint density at radius 3 is 2.50 bits per heavy atom. The maximum absolute atomic E-state index is 11.6. The van der Waals surface area contributed by atoms with Gasteiger partial charge in [0.05, 0.1) is 19.3 Å². The molecule has 0 aliphatic heterocycles. The molecular formula is C14H23ClN2O3. The Morgan fingerprint density at radius 2 is 2.00 bits per heavy atom. The Bertz CT molecular complexity index is 398. The molecule has 0 bridgehead atoms. The summed E-state index contributed by atoms with van der Waals surface area (Å²) < 4.78 is 5.04. The predicted molar refractivity (Wildman–Crippen MR) is 81.1 cm³/mol. The Labute approximate surface area is 125 Å². The van der Waals surface area contributed by atoms with Crippen molar-refractivity contribution < 1.29 is 14.6 Å². The van der Waals surface area contributed by atoms with Gasteiger partial charge in [-0.15, -0.1) is 12.4 Å². The number of nitrogens with two attached hydrogens (primary N) is 1. The average molecular weight is 303 g/mol. The van der Waals surface area contributed by atoms with Crippen molar-refractivity contribution in [2.45, 2.75) is 31.9 Å². The number of aliphatic hydroxyl groups is 1. The summed E-state index contributed by atoms with van der Waals surface area (Å²) in [6.07, 6.45) is 0.753. The van der Waals surface area contributed by atoms with E-state index in [0.717, 1.165) is 17.7 Å². The van der Waals surface area contributed by atoms with Gasteiger partial charge in [0.1, 0.15) is 5.75 Å². The van der Waals surface area contributed by atoms with Gasteiger partial charge in [0, 0.05) is 6.54 Å². The molecule has 114 valence electrons. The van der Waals surface area contributed by atoms with Crippen LogP contribution >= 0.6 is 12.4 Å². The average Bonchev–Trinajstić information content (AvgIpc) is 2.44. The van der Waals surface area contributed by atoms with E-state index in [1.807, 2.05) is 6.92 Å². The van der Waals surface area contributed by atoms with Crippen LogP contribution in [-0.4, -0.2) is 30.7 Å². The Balaban J connectivity index is 0.00000361. The lowest BCUT2D eigenvalue weighted by Gasteiger charge is -2.15. The minimum absolute atomic E-state index is 0. The number of ether oxygens (including phenoxy) is 1. The zero-order valence-electron chi connectivity index (χ0n) is 11.8. The maximum Gasteiger partial charge on any atom is 0.237 e. The first-order valence-corrected chi connectivity index (χ1v) is 6.43. The van der Waals surface area contributed by atoms with Crippen molar-refractivity contribution in [3.8, 4) is 5.75 Å². The van der Waals surface area contributed by atoms with Gasteiger partial charge in [0.15, 0.2) is 0 Å². The van der Waals surface area contributed by atoms with E-state index in [1.54, 1.807) is 31.4 Å². The van der Waals surface area contributed by atoms with Gasteiger partial charge in [-0.2, -0.15) is 0 Å². The van der Waals surface area contributed by atoms with Crippen molar-refractivity contribution in [1.82, 2.24) is 5.32 Å². The molecule has 0 saturated heterocycles. The summed E-state index contributed by atoms with van der Waals surface area (Å²) in [4.78, 5) is 11.6. The molecule has 1 aromatic rings. The molecule has 1 rings (SSSR count). The molecule has 2 unspecified atom stereocenters. The molecule has 6 heteroatoms. The minimum atomic E-state index is -0.747. The highest BCUT2D eigenvalue weighted by atomic mass is 35.5. The fourth-order valence-corrected chi connectivity index (χ4v) is 1.71. The molecular weight excluding hydrogens is 280 g/mol. The third kappa shape index (κ3) is 5.77. The van der Waals surface area contributed by atoms with Crippen LogP contribution in [0.15, 0.2) is 24.3 Å². The van der Waals surface area contributed by atoms with E-state index in [1.165, 1.54) is 0 Å². The highest BCUT2D eigenvalue weighted by Gasteiger charge is 2.14. The van der Waals surface area contributed by atoms with Crippen molar-refractivity contribution in [3.05, 3.63) is 29.8 Å². The molecule has 0 aromatic heterocycles. The number of carbonyl (C=O) groups excluding carboxylic acids is 1. The third-order valence-electron chi connectivity index (χ3n) is 2.91. The van der Waals surface area contributed by atoms with Crippen LogP contribution in [0.5, 0.6) is 5.75 Å². The van der Waals surface area contributed by atoms with Gasteiger partial charge in [-0.1, -0.05) is 25.5 Å². The lowest BCUT2D eigenvalue weighted by Crippen LogP contribution is -2.41. The summed E-state index contributed by atoms with van der Waals surface area (Å²) in [6, 6.07) is 6.56. The molecule has 5 nitrogen and oxygen atoms in total. The summed E-state index contributed by atoms with van der Waals surface area (Å²) in [7, 11) is 1.58. The van der Waals surface area contributed by atoms with E-state index in [-0.39, 0.29) is 24.9 Å². The second-order valence-electron chi connectivity index (χ2n) is 4.43. The van der Waals surface area contributed by atoms with Crippen molar-refractivity contribution in [3.63, 3.8) is 0 Å². The van der Waals surface area contributed by atoms with E-state index < -0.39 is 12.1 Å².